The Morgan fingerprint density at radius 2 is 0.385 bits per heavy atom. The van der Waals surface area contributed by atoms with Crippen LogP contribution in [0.2, 0.25) is 0 Å². The standard InChI is InChI=1S/2C6H18N4.4C4H6O4/c2*7-1-3-9-5-6-10-4-2-8;4*5-3(6)1-2-4(7)8/h2*9-10H,1-8H2;4*1-2H2,(H,5,6)(H,7,8). The van der Waals surface area contributed by atoms with Gasteiger partial charge in [-0.25, -0.2) is 0 Å². The Morgan fingerprint density at radius 3 is 0.462 bits per heavy atom. The zero-order chi connectivity index (χ0) is 41.6. The van der Waals surface area contributed by atoms with E-state index in [1.165, 1.54) is 0 Å². The summed E-state index contributed by atoms with van der Waals surface area (Å²) in [6.45, 7) is 10.3. The van der Waals surface area contributed by atoms with Crippen LogP contribution in [0.15, 0.2) is 0 Å². The molecule has 20 N–H and O–H groups in total. The van der Waals surface area contributed by atoms with Gasteiger partial charge >= 0.3 is 47.8 Å². The molecule has 0 atom stereocenters. The molecule has 0 aliphatic rings. The van der Waals surface area contributed by atoms with Gasteiger partial charge in [0.15, 0.2) is 0 Å². The minimum Gasteiger partial charge on any atom is -0.481 e. The number of carbonyl (C=O) groups is 8. The van der Waals surface area contributed by atoms with Crippen molar-refractivity contribution >= 4 is 47.8 Å². The van der Waals surface area contributed by atoms with Gasteiger partial charge < -0.3 is 85.1 Å². The molecule has 0 amide bonds. The molecule has 0 aliphatic carbocycles. The van der Waals surface area contributed by atoms with Crippen molar-refractivity contribution < 1.29 is 79.2 Å². The fraction of sp³-hybridized carbons (Fsp3) is 0.714. The largest absolute Gasteiger partial charge is 0.481 e. The van der Waals surface area contributed by atoms with Crippen LogP contribution in [0.5, 0.6) is 0 Å². The van der Waals surface area contributed by atoms with E-state index in [4.69, 9.17) is 63.8 Å². The first-order valence-corrected chi connectivity index (χ1v) is 15.7. The van der Waals surface area contributed by atoms with Crippen LogP contribution in [0.3, 0.4) is 0 Å². The van der Waals surface area contributed by atoms with Crippen molar-refractivity contribution in [2.24, 2.45) is 22.9 Å². The van der Waals surface area contributed by atoms with Crippen molar-refractivity contribution in [1.29, 1.82) is 0 Å². The number of nitrogens with one attached hydrogen (secondary N) is 4. The van der Waals surface area contributed by atoms with Crippen LogP contribution in [0.4, 0.5) is 0 Å². The van der Waals surface area contributed by atoms with Gasteiger partial charge in [-0.15, -0.1) is 0 Å². The molecule has 0 rings (SSSR count). The first kappa shape index (κ1) is 59.6. The molecule has 0 aromatic rings. The third kappa shape index (κ3) is 104. The molecule has 0 saturated carbocycles. The fourth-order valence-electron chi connectivity index (χ4n) is 2.12. The molecule has 0 saturated heterocycles. The average molecular weight is 765 g/mol. The Morgan fingerprint density at radius 1 is 0.269 bits per heavy atom. The van der Waals surface area contributed by atoms with E-state index >= 15 is 0 Å². The van der Waals surface area contributed by atoms with Gasteiger partial charge in [0.25, 0.3) is 0 Å². The monoisotopic (exact) mass is 764 g/mol. The molecule has 308 valence electrons. The molecular weight excluding hydrogens is 704 g/mol. The minimum absolute atomic E-state index is 0.296. The lowest BCUT2D eigenvalue weighted by atomic mass is 10.3. The van der Waals surface area contributed by atoms with Crippen LogP contribution >= 0.6 is 0 Å². The lowest BCUT2D eigenvalue weighted by Gasteiger charge is -2.03. The first-order valence-electron chi connectivity index (χ1n) is 15.7. The zero-order valence-corrected chi connectivity index (χ0v) is 29.3. The molecule has 0 heterocycles. The summed E-state index contributed by atoms with van der Waals surface area (Å²) < 4.78 is 0. The zero-order valence-electron chi connectivity index (χ0n) is 29.3. The third-order valence-corrected chi connectivity index (χ3v) is 4.45. The topological polar surface area (TPSA) is 451 Å². The molecule has 0 bridgehead atoms. The molecule has 0 radical (unpaired) electrons. The quantitative estimate of drug-likeness (QED) is 0.0372. The van der Waals surface area contributed by atoms with Crippen molar-refractivity contribution in [1.82, 2.24) is 21.3 Å². The smallest absolute Gasteiger partial charge is 0.303 e. The van der Waals surface area contributed by atoms with Crippen molar-refractivity contribution in [3.8, 4) is 0 Å². The first-order chi connectivity index (χ1) is 24.3. The van der Waals surface area contributed by atoms with E-state index in [9.17, 15) is 38.4 Å². The van der Waals surface area contributed by atoms with Crippen molar-refractivity contribution in [2.75, 3.05) is 78.5 Å². The Hall–Kier alpha value is -4.56. The van der Waals surface area contributed by atoms with Gasteiger partial charge in [-0.3, -0.25) is 38.4 Å². The van der Waals surface area contributed by atoms with Crippen molar-refractivity contribution in [2.45, 2.75) is 51.4 Å². The van der Waals surface area contributed by atoms with Gasteiger partial charge in [-0.2, -0.15) is 0 Å². The molecule has 24 heteroatoms. The predicted octanol–water partition coefficient (Wildman–Crippen LogP) is -4.09. The van der Waals surface area contributed by atoms with Gasteiger partial charge in [0.1, 0.15) is 0 Å². The van der Waals surface area contributed by atoms with Gasteiger partial charge in [0.2, 0.25) is 0 Å². The number of hydrogen-bond acceptors (Lipinski definition) is 16. The van der Waals surface area contributed by atoms with Crippen molar-refractivity contribution in [3.05, 3.63) is 0 Å². The molecule has 0 fully saturated rings. The van der Waals surface area contributed by atoms with E-state index in [-0.39, 0.29) is 51.4 Å². The third-order valence-electron chi connectivity index (χ3n) is 4.45. The SMILES string of the molecule is NCCNCCNCCN.NCCNCCNCCN.O=C(O)CCC(=O)O.O=C(O)CCC(=O)O.O=C(O)CCC(=O)O.O=C(O)CCC(=O)O. The number of aliphatic carboxylic acids is 8. The molecule has 0 aromatic heterocycles. The summed E-state index contributed by atoms with van der Waals surface area (Å²) in [7, 11) is 0. The lowest BCUT2D eigenvalue weighted by Crippen LogP contribution is -2.32. The summed E-state index contributed by atoms with van der Waals surface area (Å²) >= 11 is 0. The summed E-state index contributed by atoms with van der Waals surface area (Å²) in [5.41, 5.74) is 21.1. The molecular formula is C28H60N8O16. The van der Waals surface area contributed by atoms with Crippen LogP contribution in [-0.2, 0) is 38.4 Å². The highest BCUT2D eigenvalue weighted by Crippen LogP contribution is 1.88. The van der Waals surface area contributed by atoms with E-state index in [1.54, 1.807) is 0 Å². The number of rotatable bonds is 26. The molecule has 0 aliphatic heterocycles. The second kappa shape index (κ2) is 50.8. The maximum Gasteiger partial charge on any atom is 0.303 e. The molecule has 0 spiro atoms. The highest BCUT2D eigenvalue weighted by atomic mass is 16.4. The van der Waals surface area contributed by atoms with Gasteiger partial charge in [0, 0.05) is 78.5 Å². The Balaban J connectivity index is -0.000000122. The fourth-order valence-corrected chi connectivity index (χ4v) is 2.12. The van der Waals surface area contributed by atoms with Crippen LogP contribution in [0.25, 0.3) is 0 Å². The summed E-state index contributed by atoms with van der Waals surface area (Å²) in [4.78, 5) is 77.1. The Bertz CT molecular complexity index is 730. The molecule has 52 heavy (non-hydrogen) atoms. The average Bonchev–Trinajstić information content (AvgIpc) is 3.05. The summed E-state index contributed by atoms with van der Waals surface area (Å²) in [6, 6.07) is 0. The van der Waals surface area contributed by atoms with Gasteiger partial charge in [-0.05, 0) is 0 Å². The molecule has 24 nitrogen and oxygen atoms in total. The molecule has 0 aromatic carbocycles. The van der Waals surface area contributed by atoms with Crippen LogP contribution in [0.1, 0.15) is 51.4 Å². The van der Waals surface area contributed by atoms with E-state index in [0.717, 1.165) is 52.4 Å². The van der Waals surface area contributed by atoms with E-state index in [2.05, 4.69) is 21.3 Å². The van der Waals surface area contributed by atoms with Crippen LogP contribution in [0, 0.1) is 0 Å². The summed E-state index contributed by atoms with van der Waals surface area (Å²) in [5, 5.41) is 75.9. The Kier molecular flexibility index (Phi) is 58.2. The second-order valence-corrected chi connectivity index (χ2v) is 9.30. The number of hydrogen-bond donors (Lipinski definition) is 16. The highest BCUT2D eigenvalue weighted by molar-refractivity contribution is 5.76. The van der Waals surface area contributed by atoms with Crippen LogP contribution < -0.4 is 44.2 Å². The maximum atomic E-state index is 9.64. The highest BCUT2D eigenvalue weighted by Gasteiger charge is 2.02. The second-order valence-electron chi connectivity index (χ2n) is 9.30. The lowest BCUT2D eigenvalue weighted by molar-refractivity contribution is -0.143. The van der Waals surface area contributed by atoms with E-state index in [1.807, 2.05) is 0 Å². The number of nitrogens with two attached hydrogens (primary N) is 4. The maximum absolute atomic E-state index is 9.64. The summed E-state index contributed by atoms with van der Waals surface area (Å²) in [5.74, 6) is -8.61. The number of carboxylic acids is 8. The van der Waals surface area contributed by atoms with E-state index in [0.29, 0.717) is 26.2 Å². The van der Waals surface area contributed by atoms with Gasteiger partial charge in [0.05, 0.1) is 51.4 Å². The minimum atomic E-state index is -1.08. The normalized spacial score (nSPS) is 9.15. The predicted molar refractivity (Wildman–Crippen MR) is 186 cm³/mol. The Labute approximate surface area is 301 Å². The number of carboxylic acid groups (broad SMARTS) is 8. The van der Waals surface area contributed by atoms with Gasteiger partial charge in [-0.1, -0.05) is 0 Å². The van der Waals surface area contributed by atoms with E-state index < -0.39 is 47.8 Å². The van der Waals surface area contributed by atoms with Crippen molar-refractivity contribution in [3.63, 3.8) is 0 Å². The van der Waals surface area contributed by atoms with Crippen LogP contribution in [-0.4, -0.2) is 167 Å². The summed E-state index contributed by atoms with van der Waals surface area (Å²) in [6.07, 6.45) is -2.37. The molecule has 0 unspecified atom stereocenters.